The topological polar surface area (TPSA) is 36.0 Å². The molecule has 0 spiro atoms. The van der Waals surface area contributed by atoms with E-state index in [1.165, 1.54) is 0 Å². The molecule has 2 aliphatic rings. The minimum atomic E-state index is 0.130. The molecule has 0 aliphatic carbocycles. The molecule has 2 aromatic rings. The van der Waals surface area contributed by atoms with Crippen LogP contribution in [-0.4, -0.2) is 62.1 Å². The lowest BCUT2D eigenvalue weighted by molar-refractivity contribution is 0.0835. The van der Waals surface area contributed by atoms with Gasteiger partial charge in [0.15, 0.2) is 0 Å². The Hall–Kier alpha value is -2.79. The molecular formula is C25H31N3O2. The molecule has 2 heterocycles. The predicted octanol–water partition coefficient (Wildman–Crippen LogP) is 3.97. The number of hydrogen-bond donors (Lipinski definition) is 0. The van der Waals surface area contributed by atoms with Crippen LogP contribution in [0.3, 0.4) is 0 Å². The fourth-order valence-electron chi connectivity index (χ4n) is 4.36. The molecular weight excluding hydrogens is 374 g/mol. The van der Waals surface area contributed by atoms with Crippen LogP contribution in [0.25, 0.3) is 5.70 Å². The summed E-state index contributed by atoms with van der Waals surface area (Å²) in [5.74, 6) is 1.45. The summed E-state index contributed by atoms with van der Waals surface area (Å²) in [5, 5.41) is 0. The van der Waals surface area contributed by atoms with Gasteiger partial charge in [0.25, 0.3) is 5.91 Å². The second-order valence-electron chi connectivity index (χ2n) is 8.30. The smallest absolute Gasteiger partial charge is 0.259 e. The number of amides is 1. The summed E-state index contributed by atoms with van der Waals surface area (Å²) >= 11 is 0. The van der Waals surface area contributed by atoms with E-state index < -0.39 is 0 Å². The van der Waals surface area contributed by atoms with Gasteiger partial charge >= 0.3 is 0 Å². The van der Waals surface area contributed by atoms with Gasteiger partial charge in [0.05, 0.1) is 12.8 Å². The first-order valence-electron chi connectivity index (χ1n) is 10.8. The maximum absolute atomic E-state index is 13.0. The number of carbonyl (C=O) groups excluding carboxylic acids is 1. The highest BCUT2D eigenvalue weighted by molar-refractivity contribution is 6.09. The van der Waals surface area contributed by atoms with Gasteiger partial charge in [-0.15, -0.1) is 0 Å². The number of piperazine rings is 1. The van der Waals surface area contributed by atoms with Gasteiger partial charge in [0.1, 0.15) is 5.75 Å². The number of nitrogens with zero attached hydrogens (tertiary/aromatic N) is 3. The number of hydrogen-bond acceptors (Lipinski definition) is 4. The highest BCUT2D eigenvalue weighted by atomic mass is 16.5. The van der Waals surface area contributed by atoms with Crippen LogP contribution in [-0.2, 0) is 0 Å². The Labute approximate surface area is 179 Å². The van der Waals surface area contributed by atoms with E-state index in [9.17, 15) is 4.79 Å². The van der Waals surface area contributed by atoms with Gasteiger partial charge in [0, 0.05) is 56.1 Å². The number of ether oxygens (including phenoxy) is 1. The molecule has 5 nitrogen and oxygen atoms in total. The lowest BCUT2D eigenvalue weighted by Gasteiger charge is -2.37. The van der Waals surface area contributed by atoms with Crippen LogP contribution in [0.1, 0.15) is 29.8 Å². The molecule has 0 radical (unpaired) electrons. The Balaban J connectivity index is 1.39. The first-order chi connectivity index (χ1) is 14.6. The molecule has 2 aliphatic heterocycles. The molecule has 0 atom stereocenters. The van der Waals surface area contributed by atoms with Gasteiger partial charge in [-0.3, -0.25) is 9.69 Å². The van der Waals surface area contributed by atoms with Crippen molar-refractivity contribution in [2.24, 2.45) is 5.92 Å². The Kier molecular flexibility index (Phi) is 6.09. The molecule has 0 unspecified atom stereocenters. The van der Waals surface area contributed by atoms with Crippen molar-refractivity contribution >= 4 is 17.3 Å². The lowest BCUT2D eigenvalue weighted by Crippen LogP contribution is -2.48. The largest absolute Gasteiger partial charge is 0.495 e. The molecule has 0 saturated carbocycles. The minimum absolute atomic E-state index is 0.130. The molecule has 1 saturated heterocycles. The molecule has 5 heteroatoms. The summed E-state index contributed by atoms with van der Waals surface area (Å²) in [7, 11) is 1.72. The Morgan fingerprint density at radius 1 is 0.933 bits per heavy atom. The number of rotatable bonds is 6. The molecule has 0 N–H and O–H groups in total. The van der Waals surface area contributed by atoms with Gasteiger partial charge in [-0.1, -0.05) is 50.3 Å². The molecule has 0 aromatic heterocycles. The fraction of sp³-hybridized carbons (Fsp3) is 0.400. The highest BCUT2D eigenvalue weighted by Crippen LogP contribution is 2.33. The van der Waals surface area contributed by atoms with Crippen molar-refractivity contribution in [3.8, 4) is 5.75 Å². The summed E-state index contributed by atoms with van der Waals surface area (Å²) in [6.45, 7) is 9.82. The van der Waals surface area contributed by atoms with Crippen LogP contribution in [0, 0.1) is 5.92 Å². The number of anilines is 1. The van der Waals surface area contributed by atoms with Crippen LogP contribution < -0.4 is 9.64 Å². The van der Waals surface area contributed by atoms with E-state index in [1.807, 2.05) is 35.2 Å². The van der Waals surface area contributed by atoms with Crippen molar-refractivity contribution in [1.29, 1.82) is 0 Å². The number of methoxy groups -OCH3 is 1. The molecule has 30 heavy (non-hydrogen) atoms. The van der Waals surface area contributed by atoms with Gasteiger partial charge < -0.3 is 14.5 Å². The lowest BCUT2D eigenvalue weighted by atomic mass is 10.1. The van der Waals surface area contributed by atoms with E-state index in [4.69, 9.17) is 4.74 Å². The van der Waals surface area contributed by atoms with Crippen LogP contribution >= 0.6 is 0 Å². The van der Waals surface area contributed by atoms with E-state index in [0.29, 0.717) is 5.92 Å². The summed E-state index contributed by atoms with van der Waals surface area (Å²) < 4.78 is 5.52. The van der Waals surface area contributed by atoms with Crippen LogP contribution in [0.4, 0.5) is 5.69 Å². The summed E-state index contributed by atoms with van der Waals surface area (Å²) in [6.07, 6.45) is 2.21. The average molecular weight is 406 g/mol. The summed E-state index contributed by atoms with van der Waals surface area (Å²) in [5.41, 5.74) is 4.12. The fourth-order valence-corrected chi connectivity index (χ4v) is 4.36. The zero-order valence-electron chi connectivity index (χ0n) is 18.2. The SMILES string of the molecule is COc1ccccc1N1CCN(CCN2C(=O)c3ccccc3/C2=C/C(C)C)CC1. The molecule has 0 bridgehead atoms. The summed E-state index contributed by atoms with van der Waals surface area (Å²) in [6, 6.07) is 16.2. The van der Waals surface area contributed by atoms with Crippen LogP contribution in [0.5, 0.6) is 5.75 Å². The maximum Gasteiger partial charge on any atom is 0.259 e. The van der Waals surface area contributed by atoms with Gasteiger partial charge in [-0.05, 0) is 24.1 Å². The zero-order valence-corrected chi connectivity index (χ0v) is 18.2. The standard InChI is InChI=1S/C25H31N3O2/c1-19(2)18-23-20-8-4-5-9-21(20)25(29)28(23)17-14-26-12-15-27(16-13-26)22-10-6-7-11-24(22)30-3/h4-11,18-19H,12-17H2,1-3H3/b23-18-. The third-order valence-corrected chi connectivity index (χ3v) is 5.90. The average Bonchev–Trinajstić information content (AvgIpc) is 3.03. The molecule has 1 fully saturated rings. The molecule has 2 aromatic carbocycles. The third-order valence-electron chi connectivity index (χ3n) is 5.90. The van der Waals surface area contributed by atoms with E-state index in [0.717, 1.165) is 67.5 Å². The van der Waals surface area contributed by atoms with Crippen LogP contribution in [0.15, 0.2) is 54.6 Å². The first-order valence-corrected chi connectivity index (χ1v) is 10.8. The molecule has 1 amide bonds. The normalized spacial score (nSPS) is 18.4. The number of fused-ring (bicyclic) bond motifs is 1. The molecule has 158 valence electrons. The third kappa shape index (κ3) is 4.08. The first kappa shape index (κ1) is 20.5. The Morgan fingerprint density at radius 2 is 1.60 bits per heavy atom. The Morgan fingerprint density at radius 3 is 2.30 bits per heavy atom. The second-order valence-corrected chi connectivity index (χ2v) is 8.30. The number of benzene rings is 2. The number of para-hydroxylation sites is 2. The van der Waals surface area contributed by atoms with Gasteiger partial charge in [0.2, 0.25) is 0 Å². The van der Waals surface area contributed by atoms with E-state index in [-0.39, 0.29) is 5.91 Å². The van der Waals surface area contributed by atoms with Crippen molar-refractivity contribution in [2.45, 2.75) is 13.8 Å². The van der Waals surface area contributed by atoms with Crippen LogP contribution in [0.2, 0.25) is 0 Å². The van der Waals surface area contributed by atoms with Crippen molar-refractivity contribution in [1.82, 2.24) is 9.80 Å². The van der Waals surface area contributed by atoms with Gasteiger partial charge in [-0.25, -0.2) is 0 Å². The monoisotopic (exact) mass is 405 g/mol. The number of carbonyl (C=O) groups is 1. The van der Waals surface area contributed by atoms with Crippen molar-refractivity contribution in [3.05, 3.63) is 65.7 Å². The Bertz CT molecular complexity index is 929. The van der Waals surface area contributed by atoms with Gasteiger partial charge in [-0.2, -0.15) is 0 Å². The van der Waals surface area contributed by atoms with Crippen molar-refractivity contribution in [2.75, 3.05) is 51.3 Å². The number of allylic oxidation sites excluding steroid dienone is 1. The van der Waals surface area contributed by atoms with E-state index >= 15 is 0 Å². The van der Waals surface area contributed by atoms with E-state index in [2.05, 4.69) is 47.9 Å². The summed E-state index contributed by atoms with van der Waals surface area (Å²) in [4.78, 5) is 19.8. The van der Waals surface area contributed by atoms with Crippen molar-refractivity contribution in [3.63, 3.8) is 0 Å². The zero-order chi connectivity index (χ0) is 21.1. The predicted molar refractivity (Wildman–Crippen MR) is 122 cm³/mol. The molecule has 4 rings (SSSR count). The van der Waals surface area contributed by atoms with E-state index in [1.54, 1.807) is 7.11 Å². The maximum atomic E-state index is 13.0. The highest BCUT2D eigenvalue weighted by Gasteiger charge is 2.32. The van der Waals surface area contributed by atoms with Crippen molar-refractivity contribution < 1.29 is 9.53 Å². The quantitative estimate of drug-likeness (QED) is 0.729. The minimum Gasteiger partial charge on any atom is -0.495 e. The second kappa shape index (κ2) is 8.92.